The first kappa shape index (κ1) is 13.9. The molecule has 0 aliphatic carbocycles. The molecule has 0 fully saturated rings. The first-order valence-electron chi connectivity index (χ1n) is 6.35. The SMILES string of the molecule is CCc1cccc(Oc2cc(/C(N)=N/O)cc(C)n2)c1. The lowest BCUT2D eigenvalue weighted by Gasteiger charge is -2.08. The van der Waals surface area contributed by atoms with Gasteiger partial charge in [0.1, 0.15) is 5.75 Å². The standard InChI is InChI=1S/C15H17N3O2/c1-3-11-5-4-6-13(8-11)20-14-9-12(15(16)18-19)7-10(2)17-14/h4-9,19H,3H2,1-2H3,(H2,16,18). The minimum atomic E-state index is 0.0302. The van der Waals surface area contributed by atoms with Crippen LogP contribution in [0.1, 0.15) is 23.7 Å². The van der Waals surface area contributed by atoms with Crippen molar-refractivity contribution >= 4 is 5.84 Å². The molecule has 2 aromatic rings. The molecule has 0 atom stereocenters. The first-order chi connectivity index (χ1) is 9.62. The largest absolute Gasteiger partial charge is 0.439 e. The van der Waals surface area contributed by atoms with Crippen molar-refractivity contribution < 1.29 is 9.94 Å². The summed E-state index contributed by atoms with van der Waals surface area (Å²) in [5.74, 6) is 1.16. The van der Waals surface area contributed by atoms with Gasteiger partial charge in [0, 0.05) is 17.3 Å². The normalized spacial score (nSPS) is 11.4. The van der Waals surface area contributed by atoms with E-state index in [9.17, 15) is 0 Å². The Kier molecular flexibility index (Phi) is 4.20. The molecule has 0 spiro atoms. The lowest BCUT2D eigenvalue weighted by Crippen LogP contribution is -2.13. The third-order valence-corrected chi connectivity index (χ3v) is 2.86. The van der Waals surface area contributed by atoms with Gasteiger partial charge in [-0.25, -0.2) is 4.98 Å². The summed E-state index contributed by atoms with van der Waals surface area (Å²) in [6, 6.07) is 11.2. The van der Waals surface area contributed by atoms with E-state index >= 15 is 0 Å². The van der Waals surface area contributed by atoms with Crippen LogP contribution in [0.5, 0.6) is 11.6 Å². The summed E-state index contributed by atoms with van der Waals surface area (Å²) in [7, 11) is 0. The predicted molar refractivity (Wildman–Crippen MR) is 77.4 cm³/mol. The van der Waals surface area contributed by atoms with E-state index in [1.807, 2.05) is 31.2 Å². The van der Waals surface area contributed by atoms with Crippen LogP contribution in [0.3, 0.4) is 0 Å². The summed E-state index contributed by atoms with van der Waals surface area (Å²) < 4.78 is 5.73. The minimum absolute atomic E-state index is 0.0302. The van der Waals surface area contributed by atoms with E-state index in [1.54, 1.807) is 12.1 Å². The molecule has 5 heteroatoms. The number of nitrogens with two attached hydrogens (primary N) is 1. The van der Waals surface area contributed by atoms with Crippen LogP contribution in [0.15, 0.2) is 41.6 Å². The summed E-state index contributed by atoms with van der Waals surface area (Å²) in [6.07, 6.45) is 0.938. The number of pyridine rings is 1. The Morgan fingerprint density at radius 2 is 2.15 bits per heavy atom. The number of hydrogen-bond donors (Lipinski definition) is 2. The van der Waals surface area contributed by atoms with Gasteiger partial charge in [0.05, 0.1) is 0 Å². The highest BCUT2D eigenvalue weighted by Crippen LogP contribution is 2.22. The van der Waals surface area contributed by atoms with Crippen LogP contribution in [0.2, 0.25) is 0 Å². The second-order valence-corrected chi connectivity index (χ2v) is 4.42. The highest BCUT2D eigenvalue weighted by Gasteiger charge is 2.06. The number of rotatable bonds is 4. The number of nitrogens with zero attached hydrogens (tertiary/aromatic N) is 2. The number of oxime groups is 1. The average Bonchev–Trinajstić information content (AvgIpc) is 2.46. The molecule has 0 aliphatic rings. The molecule has 0 amide bonds. The van der Waals surface area contributed by atoms with Crippen molar-refractivity contribution in [3.63, 3.8) is 0 Å². The first-order valence-corrected chi connectivity index (χ1v) is 6.35. The van der Waals surface area contributed by atoms with Crippen molar-refractivity contribution in [1.82, 2.24) is 4.98 Å². The molecule has 2 rings (SSSR count). The van der Waals surface area contributed by atoms with Gasteiger partial charge in [0.25, 0.3) is 0 Å². The van der Waals surface area contributed by atoms with Crippen LogP contribution in [0.4, 0.5) is 0 Å². The van der Waals surface area contributed by atoms with E-state index < -0.39 is 0 Å². The maximum Gasteiger partial charge on any atom is 0.220 e. The van der Waals surface area contributed by atoms with Gasteiger partial charge in [-0.05, 0) is 37.1 Å². The molecular formula is C15H17N3O2. The molecule has 20 heavy (non-hydrogen) atoms. The minimum Gasteiger partial charge on any atom is -0.439 e. The van der Waals surface area contributed by atoms with Crippen molar-refractivity contribution in [2.45, 2.75) is 20.3 Å². The second kappa shape index (κ2) is 6.06. The Morgan fingerprint density at radius 1 is 1.35 bits per heavy atom. The maximum absolute atomic E-state index is 8.73. The van der Waals surface area contributed by atoms with E-state index in [0.29, 0.717) is 17.2 Å². The van der Waals surface area contributed by atoms with Gasteiger partial charge >= 0.3 is 0 Å². The molecule has 0 unspecified atom stereocenters. The smallest absolute Gasteiger partial charge is 0.220 e. The van der Waals surface area contributed by atoms with E-state index in [4.69, 9.17) is 15.7 Å². The molecule has 1 aromatic heterocycles. The van der Waals surface area contributed by atoms with Crippen LogP contribution in [0, 0.1) is 6.92 Å². The number of amidine groups is 1. The zero-order valence-electron chi connectivity index (χ0n) is 11.5. The van der Waals surface area contributed by atoms with Gasteiger partial charge in [-0.3, -0.25) is 0 Å². The zero-order valence-corrected chi connectivity index (χ0v) is 11.5. The second-order valence-electron chi connectivity index (χ2n) is 4.42. The maximum atomic E-state index is 8.73. The molecule has 1 heterocycles. The van der Waals surface area contributed by atoms with Crippen LogP contribution in [-0.4, -0.2) is 16.0 Å². The molecule has 0 bridgehead atoms. The van der Waals surface area contributed by atoms with E-state index in [-0.39, 0.29) is 5.84 Å². The number of ether oxygens (including phenoxy) is 1. The number of benzene rings is 1. The van der Waals surface area contributed by atoms with Crippen LogP contribution in [0.25, 0.3) is 0 Å². The van der Waals surface area contributed by atoms with Crippen molar-refractivity contribution in [3.05, 3.63) is 53.2 Å². The summed E-state index contributed by atoms with van der Waals surface area (Å²) in [4.78, 5) is 4.29. The quantitative estimate of drug-likeness (QED) is 0.388. The molecule has 5 nitrogen and oxygen atoms in total. The van der Waals surface area contributed by atoms with Crippen LogP contribution < -0.4 is 10.5 Å². The molecule has 0 saturated carbocycles. The molecular weight excluding hydrogens is 254 g/mol. The van der Waals surface area contributed by atoms with Crippen LogP contribution in [-0.2, 0) is 6.42 Å². The average molecular weight is 271 g/mol. The molecule has 1 aromatic carbocycles. The Balaban J connectivity index is 2.31. The monoisotopic (exact) mass is 271 g/mol. The predicted octanol–water partition coefficient (Wildman–Crippen LogP) is 2.84. The van der Waals surface area contributed by atoms with Crippen molar-refractivity contribution in [1.29, 1.82) is 0 Å². The summed E-state index contributed by atoms with van der Waals surface area (Å²) in [6.45, 7) is 3.91. The Labute approximate surface area is 117 Å². The molecule has 0 aliphatic heterocycles. The Hall–Kier alpha value is -2.56. The third kappa shape index (κ3) is 3.26. The number of hydrogen-bond acceptors (Lipinski definition) is 4. The number of aromatic nitrogens is 1. The highest BCUT2D eigenvalue weighted by atomic mass is 16.5. The van der Waals surface area contributed by atoms with Gasteiger partial charge in [0.2, 0.25) is 5.88 Å². The fraction of sp³-hybridized carbons (Fsp3) is 0.200. The Bertz CT molecular complexity index is 639. The fourth-order valence-electron chi connectivity index (χ4n) is 1.85. The van der Waals surface area contributed by atoms with Gasteiger partial charge < -0.3 is 15.7 Å². The van der Waals surface area contributed by atoms with E-state index in [2.05, 4.69) is 17.1 Å². The summed E-state index contributed by atoms with van der Waals surface area (Å²) in [5.41, 5.74) is 8.08. The molecule has 104 valence electrons. The van der Waals surface area contributed by atoms with Gasteiger partial charge in [-0.15, -0.1) is 0 Å². The third-order valence-electron chi connectivity index (χ3n) is 2.86. The summed E-state index contributed by atoms with van der Waals surface area (Å²) >= 11 is 0. The topological polar surface area (TPSA) is 80.7 Å². The lowest BCUT2D eigenvalue weighted by molar-refractivity contribution is 0.318. The Morgan fingerprint density at radius 3 is 2.85 bits per heavy atom. The lowest BCUT2D eigenvalue weighted by atomic mass is 10.2. The van der Waals surface area contributed by atoms with Crippen LogP contribution >= 0.6 is 0 Å². The summed E-state index contributed by atoms with van der Waals surface area (Å²) in [5, 5.41) is 11.7. The fourth-order valence-corrected chi connectivity index (χ4v) is 1.85. The number of aryl methyl sites for hydroxylation is 2. The molecule has 0 radical (unpaired) electrons. The van der Waals surface area contributed by atoms with Crippen molar-refractivity contribution in [2.24, 2.45) is 10.9 Å². The van der Waals surface area contributed by atoms with Crippen molar-refractivity contribution in [3.8, 4) is 11.6 Å². The zero-order chi connectivity index (χ0) is 14.5. The molecule has 3 N–H and O–H groups in total. The van der Waals surface area contributed by atoms with Gasteiger partial charge in [-0.1, -0.05) is 24.2 Å². The van der Waals surface area contributed by atoms with Gasteiger partial charge in [-0.2, -0.15) is 0 Å². The highest BCUT2D eigenvalue weighted by molar-refractivity contribution is 5.97. The van der Waals surface area contributed by atoms with E-state index in [0.717, 1.165) is 12.1 Å². The van der Waals surface area contributed by atoms with Crippen molar-refractivity contribution in [2.75, 3.05) is 0 Å². The molecule has 0 saturated heterocycles. The van der Waals surface area contributed by atoms with Gasteiger partial charge in [0.15, 0.2) is 5.84 Å². The van der Waals surface area contributed by atoms with E-state index in [1.165, 1.54) is 5.56 Å².